The first-order valence-electron chi connectivity index (χ1n) is 12.0. The van der Waals surface area contributed by atoms with Crippen LogP contribution in [0.2, 0.25) is 0 Å². The Labute approximate surface area is 216 Å². The van der Waals surface area contributed by atoms with Crippen molar-refractivity contribution in [3.8, 4) is 0 Å². The van der Waals surface area contributed by atoms with Gasteiger partial charge in [0, 0.05) is 19.0 Å². The third-order valence-electron chi connectivity index (χ3n) is 6.43. The molecule has 0 bridgehead atoms. The maximum absolute atomic E-state index is 13.1. The highest BCUT2D eigenvalue weighted by Gasteiger charge is 2.32. The predicted octanol–water partition coefficient (Wildman–Crippen LogP) is 8.31. The summed E-state index contributed by atoms with van der Waals surface area (Å²) in [6.45, 7) is 0.833. The second-order valence-electron chi connectivity index (χ2n) is 9.12. The zero-order valence-corrected chi connectivity index (χ0v) is 20.2. The third-order valence-corrected chi connectivity index (χ3v) is 6.43. The van der Waals surface area contributed by atoms with Gasteiger partial charge in [0.25, 0.3) is 0 Å². The Kier molecular flexibility index (Phi) is 8.14. The van der Waals surface area contributed by atoms with E-state index in [0.717, 1.165) is 29.8 Å². The molecule has 0 spiro atoms. The largest absolute Gasteiger partial charge is 0.445 e. The van der Waals surface area contributed by atoms with Gasteiger partial charge in [0.2, 0.25) is 0 Å². The van der Waals surface area contributed by atoms with Crippen LogP contribution in [0.1, 0.15) is 40.7 Å². The van der Waals surface area contributed by atoms with Gasteiger partial charge in [-0.2, -0.15) is 26.3 Å². The van der Waals surface area contributed by atoms with Crippen molar-refractivity contribution in [3.63, 3.8) is 0 Å². The molecule has 3 nitrogen and oxygen atoms in total. The molecule has 3 aromatic carbocycles. The van der Waals surface area contributed by atoms with Crippen LogP contribution in [0.15, 0.2) is 78.9 Å². The minimum Gasteiger partial charge on any atom is -0.445 e. The molecule has 1 unspecified atom stereocenters. The van der Waals surface area contributed by atoms with Gasteiger partial charge in [0.15, 0.2) is 0 Å². The van der Waals surface area contributed by atoms with Gasteiger partial charge in [0.1, 0.15) is 6.61 Å². The lowest BCUT2D eigenvalue weighted by molar-refractivity contribution is -0.138. The molecule has 0 N–H and O–H groups in total. The first-order valence-corrected chi connectivity index (χ1v) is 12.0. The quantitative estimate of drug-likeness (QED) is 0.244. The Morgan fingerprint density at radius 3 is 2.00 bits per heavy atom. The number of alkyl halides is 6. The van der Waals surface area contributed by atoms with Crippen molar-refractivity contribution in [1.29, 1.82) is 0 Å². The van der Waals surface area contributed by atoms with Crippen LogP contribution in [0.4, 0.5) is 31.1 Å². The summed E-state index contributed by atoms with van der Waals surface area (Å²) in [7, 11) is 0. The van der Waals surface area contributed by atoms with Crippen molar-refractivity contribution < 1.29 is 35.9 Å². The average Bonchev–Trinajstić information content (AvgIpc) is 2.90. The second kappa shape index (κ2) is 11.3. The summed E-state index contributed by atoms with van der Waals surface area (Å²) in [5, 5.41) is 0. The molecule has 0 radical (unpaired) electrons. The van der Waals surface area contributed by atoms with E-state index in [0.29, 0.717) is 36.1 Å². The summed E-state index contributed by atoms with van der Waals surface area (Å²) in [4.78, 5) is 14.3. The predicted molar refractivity (Wildman–Crippen MR) is 132 cm³/mol. The number of halogens is 6. The minimum absolute atomic E-state index is 0.105. The Morgan fingerprint density at radius 2 is 1.42 bits per heavy atom. The van der Waals surface area contributed by atoms with Crippen molar-refractivity contribution in [3.05, 3.63) is 107 Å². The normalized spacial score (nSPS) is 16.8. The van der Waals surface area contributed by atoms with E-state index < -0.39 is 29.6 Å². The molecule has 9 heteroatoms. The zero-order chi connectivity index (χ0) is 27.3. The van der Waals surface area contributed by atoms with E-state index in [9.17, 15) is 31.1 Å². The van der Waals surface area contributed by atoms with Crippen LogP contribution in [0, 0.1) is 5.92 Å². The Morgan fingerprint density at radius 1 is 0.842 bits per heavy atom. The number of carbonyl (C=O) groups is 1. The number of rotatable bonds is 5. The summed E-state index contributed by atoms with van der Waals surface area (Å²) in [6, 6.07) is 18.4. The molecular formula is C29H25F6NO2. The van der Waals surface area contributed by atoms with Crippen LogP contribution in [-0.4, -0.2) is 24.1 Å². The number of benzene rings is 3. The summed E-state index contributed by atoms with van der Waals surface area (Å²) in [5.41, 5.74) is 0.848. The lowest BCUT2D eigenvalue weighted by Crippen LogP contribution is -2.40. The van der Waals surface area contributed by atoms with Gasteiger partial charge in [-0.25, -0.2) is 4.79 Å². The lowest BCUT2D eigenvalue weighted by atomic mass is 9.84. The molecular weight excluding hydrogens is 508 g/mol. The Bertz CT molecular complexity index is 1250. The molecule has 0 aliphatic carbocycles. The van der Waals surface area contributed by atoms with Crippen LogP contribution < -0.4 is 0 Å². The van der Waals surface area contributed by atoms with Gasteiger partial charge in [-0.1, -0.05) is 60.7 Å². The average molecular weight is 534 g/mol. The van der Waals surface area contributed by atoms with E-state index >= 15 is 0 Å². The monoisotopic (exact) mass is 533 g/mol. The fraction of sp³-hybridized carbons (Fsp3) is 0.276. The molecule has 1 aliphatic rings. The molecule has 1 heterocycles. The number of nitrogens with zero attached hydrogens (tertiary/aromatic N) is 1. The van der Waals surface area contributed by atoms with E-state index in [1.165, 1.54) is 24.3 Å². The first kappa shape index (κ1) is 27.3. The number of amides is 1. The maximum atomic E-state index is 13.1. The number of ether oxygens (including phenoxy) is 1. The van der Waals surface area contributed by atoms with Gasteiger partial charge in [-0.05, 0) is 59.4 Å². The number of hydrogen-bond donors (Lipinski definition) is 0. The molecule has 1 saturated heterocycles. The second-order valence-corrected chi connectivity index (χ2v) is 9.12. The topological polar surface area (TPSA) is 29.5 Å². The molecule has 1 aliphatic heterocycles. The van der Waals surface area contributed by atoms with Gasteiger partial charge < -0.3 is 9.64 Å². The van der Waals surface area contributed by atoms with Crippen molar-refractivity contribution in [2.24, 2.45) is 5.92 Å². The van der Waals surface area contributed by atoms with Crippen LogP contribution in [0.3, 0.4) is 0 Å². The molecule has 0 saturated carbocycles. The van der Waals surface area contributed by atoms with Crippen molar-refractivity contribution in [1.82, 2.24) is 4.90 Å². The van der Waals surface area contributed by atoms with Crippen LogP contribution >= 0.6 is 0 Å². The van der Waals surface area contributed by atoms with Crippen LogP contribution in [-0.2, 0) is 23.7 Å². The van der Waals surface area contributed by atoms with E-state index in [4.69, 9.17) is 4.74 Å². The summed E-state index contributed by atoms with van der Waals surface area (Å²) >= 11 is 0. The van der Waals surface area contributed by atoms with Gasteiger partial charge in [-0.15, -0.1) is 0 Å². The number of piperidine rings is 1. The van der Waals surface area contributed by atoms with E-state index in [1.54, 1.807) is 11.0 Å². The number of likely N-dealkylation sites (tertiary alicyclic amines) is 1. The first-order chi connectivity index (χ1) is 18.0. The van der Waals surface area contributed by atoms with Gasteiger partial charge in [-0.3, -0.25) is 0 Å². The highest BCUT2D eigenvalue weighted by Crippen LogP contribution is 2.36. The number of hydrogen-bond acceptors (Lipinski definition) is 2. The smallest absolute Gasteiger partial charge is 0.416 e. The summed E-state index contributed by atoms with van der Waals surface area (Å²) < 4.78 is 83.9. The van der Waals surface area contributed by atoms with Gasteiger partial charge in [0.05, 0.1) is 11.1 Å². The number of carbonyl (C=O) groups excluding carboxylic acids is 1. The highest BCUT2D eigenvalue weighted by molar-refractivity contribution is 5.83. The van der Waals surface area contributed by atoms with Crippen molar-refractivity contribution in [2.75, 3.05) is 13.1 Å². The molecule has 0 aromatic heterocycles. The van der Waals surface area contributed by atoms with Crippen molar-refractivity contribution in [2.45, 2.75) is 31.8 Å². The van der Waals surface area contributed by atoms with Crippen LogP contribution in [0.25, 0.3) is 11.6 Å². The fourth-order valence-electron chi connectivity index (χ4n) is 4.44. The summed E-state index contributed by atoms with van der Waals surface area (Å²) in [5.74, 6) is -0.257. The molecule has 1 fully saturated rings. The fourth-order valence-corrected chi connectivity index (χ4v) is 4.44. The minimum atomic E-state index is -4.50. The maximum Gasteiger partial charge on any atom is 0.416 e. The van der Waals surface area contributed by atoms with Crippen LogP contribution in [0.5, 0.6) is 0 Å². The summed E-state index contributed by atoms with van der Waals surface area (Å²) in [6.07, 6.45) is -6.53. The van der Waals surface area contributed by atoms with E-state index in [2.05, 4.69) is 0 Å². The lowest BCUT2D eigenvalue weighted by Gasteiger charge is -2.33. The highest BCUT2D eigenvalue weighted by atomic mass is 19.4. The van der Waals surface area contributed by atoms with E-state index in [1.807, 2.05) is 30.3 Å². The molecule has 200 valence electrons. The molecule has 38 heavy (non-hydrogen) atoms. The molecule has 1 amide bonds. The third kappa shape index (κ3) is 6.96. The van der Waals surface area contributed by atoms with E-state index in [-0.39, 0.29) is 19.1 Å². The molecule has 4 rings (SSSR count). The Balaban J connectivity index is 1.59. The van der Waals surface area contributed by atoms with Gasteiger partial charge >= 0.3 is 18.4 Å². The zero-order valence-electron chi connectivity index (χ0n) is 20.2. The Hall–Kier alpha value is -3.75. The standard InChI is InChI=1S/C29H25F6NO2/c30-28(31,32)24-12-8-20(9-13-24)17-26(22-10-14-25(15-11-22)29(33,34)35)23-7-4-16-36(18-23)27(37)38-19-21-5-2-1-3-6-21/h1-3,5-6,8-15,17,23H,4,7,16,18-19H2. The molecule has 3 aromatic rings. The van der Waals surface area contributed by atoms with Crippen molar-refractivity contribution >= 4 is 17.7 Å². The SMILES string of the molecule is O=C(OCc1ccccc1)N1CCCC(C(=Cc2ccc(C(F)(F)F)cc2)c2ccc(C(F)(F)F)cc2)C1. The molecule has 1 atom stereocenters.